The number of rotatable bonds is 11. The first-order chi connectivity index (χ1) is 14.6. The molecule has 0 fully saturated rings. The predicted octanol–water partition coefficient (Wildman–Crippen LogP) is 3.89. The van der Waals surface area contributed by atoms with Crippen molar-refractivity contribution >= 4 is 45.1 Å². The van der Waals surface area contributed by atoms with Crippen molar-refractivity contribution in [1.82, 2.24) is 9.97 Å². The molecule has 0 radical (unpaired) electrons. The first-order valence-electron chi connectivity index (χ1n) is 9.71. The number of thiophene rings is 1. The van der Waals surface area contributed by atoms with Crippen molar-refractivity contribution in [1.29, 1.82) is 0 Å². The van der Waals surface area contributed by atoms with Gasteiger partial charge in [-0.05, 0) is 31.5 Å². The number of carbonyl (C=O) groups is 1. The number of hydrogen-bond donors (Lipinski definition) is 2. The molecule has 7 nitrogen and oxygen atoms in total. The number of thioether (sulfide) groups is 1. The fourth-order valence-corrected chi connectivity index (χ4v) is 4.71. The molecule has 0 spiro atoms. The van der Waals surface area contributed by atoms with Crippen molar-refractivity contribution in [2.24, 2.45) is 0 Å². The van der Waals surface area contributed by atoms with Gasteiger partial charge >= 0.3 is 5.97 Å². The van der Waals surface area contributed by atoms with Gasteiger partial charge in [-0.3, -0.25) is 0 Å². The number of fused-ring (bicyclic) bond motifs is 1. The number of anilines is 1. The second-order valence-corrected chi connectivity index (χ2v) is 8.36. The van der Waals surface area contributed by atoms with E-state index < -0.39 is 0 Å². The molecule has 0 bridgehead atoms. The monoisotopic (exact) mass is 447 g/mol. The molecule has 30 heavy (non-hydrogen) atoms. The Labute approximate surface area is 183 Å². The third kappa shape index (κ3) is 5.69. The lowest BCUT2D eigenvalue weighted by molar-refractivity contribution is 0.0531. The topological polar surface area (TPSA) is 93.6 Å². The van der Waals surface area contributed by atoms with Crippen molar-refractivity contribution in [3.8, 4) is 0 Å². The zero-order valence-corrected chi connectivity index (χ0v) is 18.6. The SMILES string of the molecule is CCOC(=O)c1sc2nc(CSc3ccccc3)nc(NCCOCCO)c2c1C. The number of ether oxygens (including phenoxy) is 2. The van der Waals surface area contributed by atoms with Crippen LogP contribution in [0.4, 0.5) is 5.82 Å². The van der Waals surface area contributed by atoms with Crippen molar-refractivity contribution in [3.05, 3.63) is 46.6 Å². The number of aromatic nitrogens is 2. The summed E-state index contributed by atoms with van der Waals surface area (Å²) in [5.74, 6) is 1.64. The lowest BCUT2D eigenvalue weighted by atomic mass is 10.2. The molecule has 0 aliphatic carbocycles. The van der Waals surface area contributed by atoms with E-state index >= 15 is 0 Å². The molecule has 160 valence electrons. The fourth-order valence-electron chi connectivity index (χ4n) is 2.84. The summed E-state index contributed by atoms with van der Waals surface area (Å²) in [6.45, 7) is 5.26. The highest BCUT2D eigenvalue weighted by molar-refractivity contribution is 7.98. The second kappa shape index (κ2) is 11.3. The molecule has 1 aromatic carbocycles. The van der Waals surface area contributed by atoms with E-state index in [4.69, 9.17) is 24.5 Å². The molecule has 0 aliphatic rings. The molecular formula is C21H25N3O4S2. The first kappa shape index (κ1) is 22.5. The van der Waals surface area contributed by atoms with Crippen molar-refractivity contribution in [2.45, 2.75) is 24.5 Å². The summed E-state index contributed by atoms with van der Waals surface area (Å²) in [6, 6.07) is 10.1. The van der Waals surface area contributed by atoms with Gasteiger partial charge in [-0.25, -0.2) is 14.8 Å². The zero-order valence-electron chi connectivity index (χ0n) is 17.0. The molecule has 9 heteroatoms. The number of hydrogen-bond acceptors (Lipinski definition) is 9. The number of nitrogens with one attached hydrogen (secondary N) is 1. The lowest BCUT2D eigenvalue weighted by Crippen LogP contribution is -2.13. The van der Waals surface area contributed by atoms with Gasteiger partial charge in [0.05, 0.1) is 37.6 Å². The van der Waals surface area contributed by atoms with Crippen LogP contribution in [0.2, 0.25) is 0 Å². The van der Waals surface area contributed by atoms with E-state index in [2.05, 4.69) is 17.4 Å². The minimum Gasteiger partial charge on any atom is -0.462 e. The van der Waals surface area contributed by atoms with E-state index in [1.807, 2.05) is 25.1 Å². The molecule has 0 unspecified atom stereocenters. The highest BCUT2D eigenvalue weighted by Crippen LogP contribution is 2.35. The summed E-state index contributed by atoms with van der Waals surface area (Å²) < 4.78 is 10.5. The van der Waals surface area contributed by atoms with Crippen LogP contribution in [0.15, 0.2) is 35.2 Å². The minimum absolute atomic E-state index is 0.00878. The van der Waals surface area contributed by atoms with E-state index in [0.29, 0.717) is 48.6 Å². The molecule has 0 atom stereocenters. The van der Waals surface area contributed by atoms with E-state index in [9.17, 15) is 4.79 Å². The molecule has 3 aromatic rings. The van der Waals surface area contributed by atoms with Crippen molar-refractivity contribution in [3.63, 3.8) is 0 Å². The third-order valence-corrected chi connectivity index (χ3v) is 6.36. The highest BCUT2D eigenvalue weighted by atomic mass is 32.2. The van der Waals surface area contributed by atoms with Crippen molar-refractivity contribution < 1.29 is 19.4 Å². The summed E-state index contributed by atoms with van der Waals surface area (Å²) in [6.07, 6.45) is 0. The largest absolute Gasteiger partial charge is 0.462 e. The Morgan fingerprint density at radius 3 is 2.77 bits per heavy atom. The summed E-state index contributed by atoms with van der Waals surface area (Å²) >= 11 is 2.99. The van der Waals surface area contributed by atoms with Crippen LogP contribution in [-0.4, -0.2) is 54.0 Å². The van der Waals surface area contributed by atoms with Crippen LogP contribution in [0.1, 0.15) is 28.0 Å². The van der Waals surface area contributed by atoms with Gasteiger partial charge < -0.3 is 19.9 Å². The molecule has 2 N–H and O–H groups in total. The van der Waals surface area contributed by atoms with E-state index in [0.717, 1.165) is 20.7 Å². The number of aliphatic hydroxyl groups excluding tert-OH is 1. The van der Waals surface area contributed by atoms with Crippen LogP contribution >= 0.6 is 23.1 Å². The lowest BCUT2D eigenvalue weighted by Gasteiger charge is -2.10. The molecule has 0 aliphatic heterocycles. The predicted molar refractivity (Wildman–Crippen MR) is 121 cm³/mol. The Balaban J connectivity index is 1.88. The van der Waals surface area contributed by atoms with Gasteiger partial charge in [0.1, 0.15) is 21.3 Å². The number of benzene rings is 1. The minimum atomic E-state index is -0.338. The number of carbonyl (C=O) groups excluding carboxylic acids is 1. The number of aryl methyl sites for hydroxylation is 1. The molecule has 2 heterocycles. The summed E-state index contributed by atoms with van der Waals surface area (Å²) in [5.41, 5.74) is 0.814. The van der Waals surface area contributed by atoms with Gasteiger partial charge in [-0.2, -0.15) is 0 Å². The maximum Gasteiger partial charge on any atom is 0.348 e. The average Bonchev–Trinajstić information content (AvgIpc) is 3.09. The maximum absolute atomic E-state index is 12.3. The van der Waals surface area contributed by atoms with Gasteiger partial charge in [-0.15, -0.1) is 23.1 Å². The smallest absolute Gasteiger partial charge is 0.348 e. The van der Waals surface area contributed by atoms with Crippen LogP contribution in [0, 0.1) is 6.92 Å². The molecule has 0 saturated heterocycles. The Morgan fingerprint density at radius 2 is 2.03 bits per heavy atom. The molecule has 0 amide bonds. The van der Waals surface area contributed by atoms with Gasteiger partial charge in [-0.1, -0.05) is 18.2 Å². The Kier molecular flexibility index (Phi) is 8.44. The Morgan fingerprint density at radius 1 is 1.23 bits per heavy atom. The molecule has 2 aromatic heterocycles. The van der Waals surface area contributed by atoms with Crippen LogP contribution in [0.5, 0.6) is 0 Å². The van der Waals surface area contributed by atoms with Crippen LogP contribution in [0.3, 0.4) is 0 Å². The summed E-state index contributed by atoms with van der Waals surface area (Å²) in [5, 5.41) is 13.0. The molecule has 0 saturated carbocycles. The van der Waals surface area contributed by atoms with Gasteiger partial charge in [0.15, 0.2) is 0 Å². The molecule has 3 rings (SSSR count). The number of aliphatic hydroxyl groups is 1. The third-order valence-electron chi connectivity index (χ3n) is 4.18. The van der Waals surface area contributed by atoms with Gasteiger partial charge in [0.25, 0.3) is 0 Å². The van der Waals surface area contributed by atoms with Crippen molar-refractivity contribution in [2.75, 3.05) is 38.3 Å². The van der Waals surface area contributed by atoms with Crippen LogP contribution in [0.25, 0.3) is 10.2 Å². The van der Waals surface area contributed by atoms with Gasteiger partial charge in [0.2, 0.25) is 0 Å². The van der Waals surface area contributed by atoms with E-state index in [-0.39, 0.29) is 12.6 Å². The number of esters is 1. The summed E-state index contributed by atoms with van der Waals surface area (Å²) in [4.78, 5) is 24.2. The fraction of sp³-hybridized carbons (Fsp3) is 0.381. The standard InChI is InChI=1S/C21H25N3O4S2/c1-3-28-21(26)18-14(2)17-19(22-9-11-27-12-10-25)23-16(24-20(17)30-18)13-29-15-7-5-4-6-8-15/h4-8,25H,3,9-13H2,1-2H3,(H,22,23,24). The average molecular weight is 448 g/mol. The van der Waals surface area contributed by atoms with Crippen LogP contribution in [-0.2, 0) is 15.2 Å². The van der Waals surface area contributed by atoms with E-state index in [1.54, 1.807) is 18.7 Å². The quantitative estimate of drug-likeness (QED) is 0.260. The summed E-state index contributed by atoms with van der Waals surface area (Å²) in [7, 11) is 0. The highest BCUT2D eigenvalue weighted by Gasteiger charge is 2.21. The zero-order chi connectivity index (χ0) is 21.3. The Hall–Kier alpha value is -2.20. The van der Waals surface area contributed by atoms with Gasteiger partial charge in [0, 0.05) is 11.4 Å². The normalized spacial score (nSPS) is 11.0. The van der Waals surface area contributed by atoms with Crippen LogP contribution < -0.4 is 5.32 Å². The Bertz CT molecular complexity index is 979. The molecular weight excluding hydrogens is 422 g/mol. The first-order valence-corrected chi connectivity index (χ1v) is 11.5. The number of nitrogens with zero attached hydrogens (tertiary/aromatic N) is 2. The second-order valence-electron chi connectivity index (χ2n) is 6.31. The maximum atomic E-state index is 12.3. The van der Waals surface area contributed by atoms with E-state index in [1.165, 1.54) is 11.3 Å².